The minimum atomic E-state index is 0.820. The van der Waals surface area contributed by atoms with E-state index in [0.717, 1.165) is 75.2 Å². The molecule has 5 heteroatoms. The zero-order chi connectivity index (χ0) is 14.1. The molecule has 4 aliphatic rings. The molecule has 21 heavy (non-hydrogen) atoms. The molecular formula is C16H28N2O2S. The van der Waals surface area contributed by atoms with E-state index in [9.17, 15) is 0 Å². The third-order valence-electron chi connectivity index (χ3n) is 5.73. The van der Waals surface area contributed by atoms with Crippen molar-refractivity contribution in [3.63, 3.8) is 0 Å². The highest BCUT2D eigenvalue weighted by molar-refractivity contribution is 8.00. The van der Waals surface area contributed by atoms with E-state index in [1.165, 1.54) is 25.7 Å². The summed E-state index contributed by atoms with van der Waals surface area (Å²) in [6.45, 7) is 8.36. The van der Waals surface area contributed by atoms with E-state index in [1.807, 2.05) is 0 Å². The van der Waals surface area contributed by atoms with E-state index >= 15 is 0 Å². The Balaban J connectivity index is 1.37. The summed E-state index contributed by atoms with van der Waals surface area (Å²) in [6, 6.07) is 1.64. The molecule has 0 radical (unpaired) electrons. The van der Waals surface area contributed by atoms with Crippen molar-refractivity contribution >= 4 is 11.8 Å². The van der Waals surface area contributed by atoms with Crippen LogP contribution in [0.1, 0.15) is 25.7 Å². The second-order valence-corrected chi connectivity index (χ2v) is 8.28. The summed E-state index contributed by atoms with van der Waals surface area (Å²) in [4.78, 5) is 5.43. The van der Waals surface area contributed by atoms with Crippen LogP contribution in [0.3, 0.4) is 0 Å². The number of morpholine rings is 2. The Labute approximate surface area is 132 Å². The van der Waals surface area contributed by atoms with Crippen LogP contribution in [0.15, 0.2) is 0 Å². The molecule has 0 spiro atoms. The van der Waals surface area contributed by atoms with Gasteiger partial charge in [-0.25, -0.2) is 0 Å². The third kappa shape index (κ3) is 3.13. The molecule has 0 saturated carbocycles. The van der Waals surface area contributed by atoms with Crippen LogP contribution in [0, 0.1) is 0 Å². The smallest absolute Gasteiger partial charge is 0.0594 e. The molecule has 0 aromatic rings. The predicted molar refractivity (Wildman–Crippen MR) is 86.0 cm³/mol. The summed E-state index contributed by atoms with van der Waals surface area (Å²) in [5.41, 5.74) is 0. The molecular weight excluding hydrogens is 284 g/mol. The lowest BCUT2D eigenvalue weighted by Crippen LogP contribution is -2.57. The summed E-state index contributed by atoms with van der Waals surface area (Å²) < 4.78 is 11.0. The summed E-state index contributed by atoms with van der Waals surface area (Å²) in [5.74, 6) is 0. The molecule has 4 aliphatic heterocycles. The number of ether oxygens (including phenoxy) is 2. The second kappa shape index (κ2) is 6.75. The maximum atomic E-state index is 5.52. The van der Waals surface area contributed by atoms with Crippen LogP contribution in [0.2, 0.25) is 0 Å². The first kappa shape index (κ1) is 14.8. The van der Waals surface area contributed by atoms with E-state index in [2.05, 4.69) is 21.6 Å². The summed E-state index contributed by atoms with van der Waals surface area (Å²) in [6.07, 6.45) is 5.63. The van der Waals surface area contributed by atoms with Crippen molar-refractivity contribution in [2.45, 2.75) is 48.3 Å². The number of fused-ring (bicyclic) bond motifs is 2. The molecule has 4 fully saturated rings. The number of nitrogens with zero attached hydrogens (tertiary/aromatic N) is 2. The zero-order valence-corrected chi connectivity index (χ0v) is 13.7. The van der Waals surface area contributed by atoms with E-state index in [1.54, 1.807) is 0 Å². The first-order valence-electron chi connectivity index (χ1n) is 8.71. The van der Waals surface area contributed by atoms with Gasteiger partial charge in [0.05, 0.1) is 26.4 Å². The van der Waals surface area contributed by atoms with Crippen molar-refractivity contribution < 1.29 is 9.47 Å². The lowest BCUT2D eigenvalue weighted by molar-refractivity contribution is -0.00254. The summed E-state index contributed by atoms with van der Waals surface area (Å²) in [7, 11) is 0. The topological polar surface area (TPSA) is 24.9 Å². The van der Waals surface area contributed by atoms with Crippen LogP contribution >= 0.6 is 11.8 Å². The van der Waals surface area contributed by atoms with E-state index in [4.69, 9.17) is 9.47 Å². The fraction of sp³-hybridized carbons (Fsp3) is 1.00. The molecule has 0 N–H and O–H groups in total. The molecule has 0 amide bonds. The summed E-state index contributed by atoms with van der Waals surface area (Å²) in [5, 5.41) is 1.75. The number of hydrogen-bond donors (Lipinski definition) is 0. The largest absolute Gasteiger partial charge is 0.379 e. The summed E-state index contributed by atoms with van der Waals surface area (Å²) >= 11 is 2.31. The van der Waals surface area contributed by atoms with E-state index in [-0.39, 0.29) is 0 Å². The van der Waals surface area contributed by atoms with Crippen molar-refractivity contribution in [2.75, 3.05) is 52.6 Å². The Bertz CT molecular complexity index is 313. The average molecular weight is 312 g/mol. The van der Waals surface area contributed by atoms with Crippen molar-refractivity contribution in [2.24, 2.45) is 0 Å². The van der Waals surface area contributed by atoms with Crippen LogP contribution in [-0.4, -0.2) is 85.0 Å². The van der Waals surface area contributed by atoms with Gasteiger partial charge in [0.2, 0.25) is 0 Å². The van der Waals surface area contributed by atoms with Gasteiger partial charge in [-0.05, 0) is 25.7 Å². The van der Waals surface area contributed by atoms with Crippen LogP contribution in [0.4, 0.5) is 0 Å². The molecule has 0 aromatic heterocycles. The number of hydrogen-bond acceptors (Lipinski definition) is 5. The van der Waals surface area contributed by atoms with Crippen molar-refractivity contribution in [3.05, 3.63) is 0 Å². The Morgan fingerprint density at radius 3 is 1.48 bits per heavy atom. The molecule has 0 aliphatic carbocycles. The van der Waals surface area contributed by atoms with Crippen molar-refractivity contribution in [1.82, 2.24) is 9.80 Å². The zero-order valence-electron chi connectivity index (χ0n) is 12.9. The van der Waals surface area contributed by atoms with E-state index < -0.39 is 0 Å². The van der Waals surface area contributed by atoms with Gasteiger partial charge in [0.1, 0.15) is 0 Å². The van der Waals surface area contributed by atoms with Gasteiger partial charge < -0.3 is 9.47 Å². The Hall–Kier alpha value is 0.190. The van der Waals surface area contributed by atoms with Crippen molar-refractivity contribution in [3.8, 4) is 0 Å². The van der Waals surface area contributed by atoms with Crippen LogP contribution < -0.4 is 0 Å². The van der Waals surface area contributed by atoms with Gasteiger partial charge >= 0.3 is 0 Å². The molecule has 2 bridgehead atoms. The Morgan fingerprint density at radius 1 is 0.619 bits per heavy atom. The highest BCUT2D eigenvalue weighted by Crippen LogP contribution is 2.45. The minimum absolute atomic E-state index is 0.820. The third-order valence-corrected chi connectivity index (χ3v) is 7.53. The standard InChI is InChI=1S/C16H28N2O2S/c1-3-15-14(18-7-11-20-12-8-18)2-4-16(21-15)13(1)17-5-9-19-10-6-17/h13-16H,1-12H2/t13-,14+,15-,16-/m0/s1. The second-order valence-electron chi connectivity index (χ2n) is 6.80. The quantitative estimate of drug-likeness (QED) is 0.768. The van der Waals surface area contributed by atoms with E-state index in [0.29, 0.717) is 0 Å². The van der Waals surface area contributed by atoms with Crippen LogP contribution in [0.25, 0.3) is 0 Å². The number of thioether (sulfide) groups is 1. The highest BCUT2D eigenvalue weighted by atomic mass is 32.2. The maximum Gasteiger partial charge on any atom is 0.0594 e. The molecule has 4 saturated heterocycles. The lowest BCUT2D eigenvalue weighted by atomic mass is 9.89. The van der Waals surface area contributed by atoms with Gasteiger partial charge in [-0.1, -0.05) is 0 Å². The predicted octanol–water partition coefficient (Wildman–Crippen LogP) is 1.45. The number of rotatable bonds is 2. The molecule has 4 atom stereocenters. The maximum absolute atomic E-state index is 5.52. The molecule has 120 valence electrons. The highest BCUT2D eigenvalue weighted by Gasteiger charge is 2.43. The molecule has 0 unspecified atom stereocenters. The normalized spacial score (nSPS) is 42.9. The fourth-order valence-electron chi connectivity index (χ4n) is 4.62. The first-order valence-corrected chi connectivity index (χ1v) is 9.65. The van der Waals surface area contributed by atoms with Gasteiger partial charge in [-0.3, -0.25) is 9.80 Å². The molecule has 4 rings (SSSR count). The van der Waals surface area contributed by atoms with Crippen LogP contribution in [0.5, 0.6) is 0 Å². The SMILES string of the molecule is C1CN([C@@H]2CC[C@@H]3S[C@H]2CC[C@@H]3N2CCOCC2)CCO1. The monoisotopic (exact) mass is 312 g/mol. The molecule has 0 aromatic carbocycles. The van der Waals surface area contributed by atoms with Gasteiger partial charge in [0.25, 0.3) is 0 Å². The molecule has 4 nitrogen and oxygen atoms in total. The Morgan fingerprint density at radius 2 is 1.05 bits per heavy atom. The van der Waals surface area contributed by atoms with Gasteiger partial charge in [0.15, 0.2) is 0 Å². The fourth-order valence-corrected chi connectivity index (χ4v) is 6.59. The lowest BCUT2D eigenvalue weighted by Gasteiger charge is -2.51. The van der Waals surface area contributed by atoms with Gasteiger partial charge in [-0.2, -0.15) is 11.8 Å². The Kier molecular flexibility index (Phi) is 4.74. The van der Waals surface area contributed by atoms with Gasteiger partial charge in [-0.15, -0.1) is 0 Å². The molecule has 4 heterocycles. The van der Waals surface area contributed by atoms with Crippen LogP contribution in [-0.2, 0) is 9.47 Å². The first-order chi connectivity index (χ1) is 10.4. The average Bonchev–Trinajstić information content (AvgIpc) is 2.57. The van der Waals surface area contributed by atoms with Crippen molar-refractivity contribution in [1.29, 1.82) is 0 Å². The van der Waals surface area contributed by atoms with Gasteiger partial charge in [0, 0.05) is 48.8 Å². The minimum Gasteiger partial charge on any atom is -0.379 e.